The van der Waals surface area contributed by atoms with Crippen LogP contribution in [0.3, 0.4) is 0 Å². The molecule has 1 aliphatic carbocycles. The molecule has 0 saturated heterocycles. The van der Waals surface area contributed by atoms with Crippen molar-refractivity contribution in [3.8, 4) is 0 Å². The molecule has 86 valence electrons. The van der Waals surface area contributed by atoms with Gasteiger partial charge < -0.3 is 0 Å². The Hall–Kier alpha value is -0.770. The van der Waals surface area contributed by atoms with E-state index in [9.17, 15) is 13.6 Å². The highest BCUT2D eigenvalue weighted by atomic mass is 79.9. The largest absolute Gasteiger partial charge is 0.358 e. The van der Waals surface area contributed by atoms with Crippen molar-refractivity contribution in [3.05, 3.63) is 35.4 Å². The summed E-state index contributed by atoms with van der Waals surface area (Å²) in [6.07, 6.45) is 1.64. The molecule has 1 aromatic rings. The first-order valence-electron chi connectivity index (χ1n) is 5.16. The van der Waals surface area contributed by atoms with Crippen LogP contribution in [0.1, 0.15) is 17.5 Å². The number of halogens is 3. The molecule has 0 saturated carbocycles. The maximum atomic E-state index is 12.8. The lowest BCUT2D eigenvalue weighted by molar-refractivity contribution is -0.136. The number of rotatable bonds is 2. The smallest absolute Gasteiger partial charge is 0.292 e. The van der Waals surface area contributed by atoms with E-state index in [0.717, 1.165) is 5.56 Å². The third-order valence-corrected chi connectivity index (χ3v) is 3.39. The molecule has 1 unspecified atom stereocenters. The average molecular weight is 289 g/mol. The number of hydrogen-bond donors (Lipinski definition) is 0. The van der Waals surface area contributed by atoms with Crippen LogP contribution in [0.5, 0.6) is 0 Å². The van der Waals surface area contributed by atoms with Crippen molar-refractivity contribution in [2.75, 3.05) is 0 Å². The van der Waals surface area contributed by atoms with Gasteiger partial charge in [-0.1, -0.05) is 24.3 Å². The van der Waals surface area contributed by atoms with E-state index >= 15 is 0 Å². The van der Waals surface area contributed by atoms with Gasteiger partial charge in [-0.25, -0.2) is 0 Å². The molecule has 0 heterocycles. The Labute approximate surface area is 101 Å². The second kappa shape index (κ2) is 4.24. The molecule has 0 fully saturated rings. The first-order chi connectivity index (χ1) is 7.48. The number of fused-ring (bicyclic) bond motifs is 1. The Morgan fingerprint density at radius 1 is 1.31 bits per heavy atom. The summed E-state index contributed by atoms with van der Waals surface area (Å²) in [6, 6.07) is 7.70. The van der Waals surface area contributed by atoms with Crippen molar-refractivity contribution in [1.29, 1.82) is 0 Å². The van der Waals surface area contributed by atoms with Gasteiger partial charge in [0.2, 0.25) is 5.78 Å². The molecule has 1 aliphatic rings. The lowest BCUT2D eigenvalue weighted by Crippen LogP contribution is -2.32. The fraction of sp³-hybridized carbons (Fsp3) is 0.417. The van der Waals surface area contributed by atoms with Gasteiger partial charge in [0.1, 0.15) is 0 Å². The summed E-state index contributed by atoms with van der Waals surface area (Å²) in [5.41, 5.74) is 2.19. The minimum Gasteiger partial charge on any atom is -0.292 e. The Morgan fingerprint density at radius 3 is 2.56 bits per heavy atom. The number of Topliss-reactive ketones (excluding diaryl/α,β-unsaturated/α-hetero) is 1. The van der Waals surface area contributed by atoms with E-state index in [-0.39, 0.29) is 0 Å². The average Bonchev–Trinajstić information content (AvgIpc) is 2.26. The monoisotopic (exact) mass is 288 g/mol. The molecule has 0 spiro atoms. The number of carbonyl (C=O) groups is 1. The molecule has 1 atom stereocenters. The van der Waals surface area contributed by atoms with Crippen LogP contribution in [-0.4, -0.2) is 10.6 Å². The molecule has 1 nitrogen and oxygen atoms in total. The van der Waals surface area contributed by atoms with Crippen LogP contribution in [-0.2, 0) is 17.6 Å². The molecule has 0 amide bonds. The van der Waals surface area contributed by atoms with Crippen LogP contribution in [0.4, 0.5) is 8.78 Å². The Morgan fingerprint density at radius 2 is 1.94 bits per heavy atom. The van der Waals surface area contributed by atoms with Crippen LogP contribution in [0.25, 0.3) is 0 Å². The van der Waals surface area contributed by atoms with E-state index in [1.165, 1.54) is 5.56 Å². The molecule has 2 rings (SSSR count). The number of benzene rings is 1. The van der Waals surface area contributed by atoms with Gasteiger partial charge >= 0.3 is 4.83 Å². The van der Waals surface area contributed by atoms with Gasteiger partial charge in [-0.3, -0.25) is 4.79 Å². The first kappa shape index (κ1) is 11.7. The molecular weight excluding hydrogens is 278 g/mol. The molecule has 0 radical (unpaired) electrons. The van der Waals surface area contributed by atoms with Gasteiger partial charge in [0, 0.05) is 5.92 Å². The highest BCUT2D eigenvalue weighted by Gasteiger charge is 2.40. The summed E-state index contributed by atoms with van der Waals surface area (Å²) in [6.45, 7) is 0. The van der Waals surface area contributed by atoms with E-state index in [1.807, 2.05) is 24.3 Å². The number of alkyl halides is 3. The van der Waals surface area contributed by atoms with Crippen molar-refractivity contribution in [2.24, 2.45) is 5.92 Å². The lowest BCUT2D eigenvalue weighted by Gasteiger charge is -2.24. The highest BCUT2D eigenvalue weighted by molar-refractivity contribution is 9.10. The van der Waals surface area contributed by atoms with Gasteiger partial charge in [0.25, 0.3) is 0 Å². The molecule has 0 aliphatic heterocycles. The molecule has 16 heavy (non-hydrogen) atoms. The molecule has 0 aromatic heterocycles. The molecule has 4 heteroatoms. The summed E-state index contributed by atoms with van der Waals surface area (Å²) in [4.78, 5) is 8.05. The van der Waals surface area contributed by atoms with Crippen molar-refractivity contribution in [2.45, 2.75) is 24.1 Å². The predicted molar refractivity (Wildman–Crippen MR) is 60.8 cm³/mol. The third kappa shape index (κ3) is 2.32. The van der Waals surface area contributed by atoms with Crippen LogP contribution >= 0.6 is 15.9 Å². The van der Waals surface area contributed by atoms with Crippen molar-refractivity contribution >= 4 is 21.7 Å². The quantitative estimate of drug-likeness (QED) is 0.763. The van der Waals surface area contributed by atoms with E-state index in [1.54, 1.807) is 0 Å². The normalized spacial score (nSPS) is 20.3. The topological polar surface area (TPSA) is 17.1 Å². The van der Waals surface area contributed by atoms with Crippen LogP contribution in [0.15, 0.2) is 24.3 Å². The Bertz CT molecular complexity index is 412. The van der Waals surface area contributed by atoms with E-state index in [4.69, 9.17) is 0 Å². The van der Waals surface area contributed by atoms with Crippen molar-refractivity contribution < 1.29 is 13.6 Å². The van der Waals surface area contributed by atoms with E-state index in [2.05, 4.69) is 15.9 Å². The zero-order chi connectivity index (χ0) is 11.8. The van der Waals surface area contributed by atoms with E-state index in [0.29, 0.717) is 19.3 Å². The summed E-state index contributed by atoms with van der Waals surface area (Å²) < 4.78 is 25.7. The first-order valence-corrected chi connectivity index (χ1v) is 5.95. The zero-order valence-electron chi connectivity index (χ0n) is 8.55. The summed E-state index contributed by atoms with van der Waals surface area (Å²) in [5.74, 6) is -1.56. The molecule has 1 aromatic carbocycles. The number of hydrogen-bond acceptors (Lipinski definition) is 1. The molecule has 0 N–H and O–H groups in total. The number of ketones is 1. The third-order valence-electron chi connectivity index (χ3n) is 3.00. The zero-order valence-corrected chi connectivity index (χ0v) is 10.1. The lowest BCUT2D eigenvalue weighted by atomic mass is 9.82. The van der Waals surface area contributed by atoms with E-state index < -0.39 is 16.5 Å². The maximum absolute atomic E-state index is 12.8. The van der Waals surface area contributed by atoms with Gasteiger partial charge in [0.05, 0.1) is 0 Å². The summed E-state index contributed by atoms with van der Waals surface area (Å²) in [7, 11) is 0. The second-order valence-electron chi connectivity index (χ2n) is 4.07. The summed E-state index contributed by atoms with van der Waals surface area (Å²) >= 11 is 2.14. The molecular formula is C12H11BrF2O. The van der Waals surface area contributed by atoms with Gasteiger partial charge in [0.15, 0.2) is 0 Å². The Kier molecular flexibility index (Phi) is 3.10. The van der Waals surface area contributed by atoms with Crippen LogP contribution < -0.4 is 0 Å². The van der Waals surface area contributed by atoms with Crippen molar-refractivity contribution in [3.63, 3.8) is 0 Å². The van der Waals surface area contributed by atoms with Gasteiger partial charge in [-0.05, 0) is 46.3 Å². The SMILES string of the molecule is O=C(C1CCc2ccccc2C1)C(F)(F)Br. The predicted octanol–water partition coefficient (Wildman–Crippen LogP) is 3.35. The van der Waals surface area contributed by atoms with Crippen molar-refractivity contribution in [1.82, 2.24) is 0 Å². The minimum absolute atomic E-state index is 0.427. The van der Waals surface area contributed by atoms with Gasteiger partial charge in [-0.2, -0.15) is 8.78 Å². The van der Waals surface area contributed by atoms with Crippen LogP contribution in [0, 0.1) is 5.92 Å². The second-order valence-corrected chi connectivity index (χ2v) is 5.07. The number of aryl methyl sites for hydroxylation is 1. The number of carbonyl (C=O) groups excluding carboxylic acids is 1. The fourth-order valence-electron chi connectivity index (χ4n) is 2.15. The van der Waals surface area contributed by atoms with Crippen LogP contribution in [0.2, 0.25) is 0 Å². The summed E-state index contributed by atoms with van der Waals surface area (Å²) in [5, 5.41) is 0. The highest BCUT2D eigenvalue weighted by Crippen LogP contribution is 2.33. The Balaban J connectivity index is 2.17. The maximum Gasteiger partial charge on any atom is 0.358 e. The standard InChI is InChI=1S/C12H11BrF2O/c13-12(14,15)11(16)10-6-5-8-3-1-2-4-9(8)7-10/h1-4,10H,5-7H2. The molecule has 0 bridgehead atoms. The fourth-order valence-corrected chi connectivity index (χ4v) is 2.48. The van der Waals surface area contributed by atoms with Gasteiger partial charge in [-0.15, -0.1) is 0 Å². The minimum atomic E-state index is -3.38.